The lowest BCUT2D eigenvalue weighted by Gasteiger charge is -2.08. The van der Waals surface area contributed by atoms with E-state index in [1.165, 1.54) is 11.8 Å². The van der Waals surface area contributed by atoms with E-state index >= 15 is 0 Å². The van der Waals surface area contributed by atoms with Crippen LogP contribution in [-0.2, 0) is 4.79 Å². The average molecular weight is 402 g/mol. The normalized spacial score (nSPS) is 17.1. The van der Waals surface area contributed by atoms with Crippen molar-refractivity contribution in [3.05, 3.63) is 45.8 Å². The van der Waals surface area contributed by atoms with Gasteiger partial charge in [0.1, 0.15) is 0 Å². The van der Waals surface area contributed by atoms with E-state index in [9.17, 15) is 4.79 Å². The molecule has 2 heterocycles. The molecule has 142 valence electrons. The molecule has 1 amide bonds. The first-order valence-electron chi connectivity index (χ1n) is 8.71. The highest BCUT2D eigenvalue weighted by Gasteiger charge is 2.24. The van der Waals surface area contributed by atoms with E-state index in [-0.39, 0.29) is 5.91 Å². The molecule has 1 aromatic heterocycles. The molecule has 0 bridgehead atoms. The number of aryl methyl sites for hydroxylation is 1. The number of rotatable bonds is 7. The first kappa shape index (κ1) is 19.6. The van der Waals surface area contributed by atoms with Crippen molar-refractivity contribution < 1.29 is 4.79 Å². The summed E-state index contributed by atoms with van der Waals surface area (Å²) < 4.78 is 0. The molecule has 3 rings (SSSR count). The van der Waals surface area contributed by atoms with Crippen LogP contribution in [0.2, 0.25) is 0 Å². The highest BCUT2D eigenvalue weighted by molar-refractivity contribution is 8.18. The molecular formula is C19H23N5OS2. The largest absolute Gasteiger partial charge is 0.361 e. The molecule has 2 aromatic rings. The molecule has 0 aliphatic carbocycles. The zero-order chi connectivity index (χ0) is 19.2. The van der Waals surface area contributed by atoms with E-state index in [1.807, 2.05) is 37.3 Å². The smallest absolute Gasteiger partial charge is 0.264 e. The van der Waals surface area contributed by atoms with Crippen molar-refractivity contribution >= 4 is 51.1 Å². The van der Waals surface area contributed by atoms with Gasteiger partial charge >= 0.3 is 0 Å². The third-order valence-corrected chi connectivity index (χ3v) is 5.66. The molecule has 1 fully saturated rings. The van der Waals surface area contributed by atoms with Crippen molar-refractivity contribution in [2.75, 3.05) is 32.5 Å². The van der Waals surface area contributed by atoms with Crippen molar-refractivity contribution in [3.63, 3.8) is 0 Å². The van der Waals surface area contributed by atoms with Crippen LogP contribution < -0.4 is 10.6 Å². The third-order valence-electron chi connectivity index (χ3n) is 3.84. The monoisotopic (exact) mass is 401 g/mol. The predicted molar refractivity (Wildman–Crippen MR) is 116 cm³/mol. The van der Waals surface area contributed by atoms with Crippen molar-refractivity contribution in [1.29, 1.82) is 0 Å². The van der Waals surface area contributed by atoms with Gasteiger partial charge in [0, 0.05) is 12.7 Å². The predicted octanol–water partition coefficient (Wildman–Crippen LogP) is 3.71. The minimum absolute atomic E-state index is 0.124. The van der Waals surface area contributed by atoms with Crippen LogP contribution in [0.1, 0.15) is 16.9 Å². The molecule has 0 unspecified atom stereocenters. The number of aliphatic imine (C=N–C) groups is 1. The van der Waals surface area contributed by atoms with Crippen molar-refractivity contribution in [2.24, 2.45) is 4.99 Å². The molecule has 1 aliphatic rings. The Hall–Kier alpha value is -2.16. The molecule has 1 aliphatic heterocycles. The Morgan fingerprint density at radius 3 is 2.93 bits per heavy atom. The third kappa shape index (κ3) is 5.66. The standard InChI is InChI=1S/C19H23N5OS2/c1-13-7-4-5-8-15(13)22-19-23-17(25)16(27-19)11-14-12-21-18(26-14)20-9-6-10-24(2)3/h4-5,7-8,11-12H,6,9-10H2,1-3H3,(H,20,21)(H,22,23,25)/b16-11-. The molecule has 8 heteroatoms. The highest BCUT2D eigenvalue weighted by atomic mass is 32.2. The number of amides is 1. The van der Waals surface area contributed by atoms with Gasteiger partial charge in [-0.3, -0.25) is 4.79 Å². The van der Waals surface area contributed by atoms with Gasteiger partial charge in [-0.25, -0.2) is 9.98 Å². The summed E-state index contributed by atoms with van der Waals surface area (Å²) in [5.74, 6) is -0.124. The highest BCUT2D eigenvalue weighted by Crippen LogP contribution is 2.30. The molecule has 0 saturated carbocycles. The van der Waals surface area contributed by atoms with E-state index in [4.69, 9.17) is 0 Å². The number of nitrogens with one attached hydrogen (secondary N) is 2. The molecule has 1 aromatic carbocycles. The second-order valence-corrected chi connectivity index (χ2v) is 8.51. The summed E-state index contributed by atoms with van der Waals surface area (Å²) >= 11 is 2.90. The number of carbonyl (C=O) groups excluding carboxylic acids is 1. The number of para-hydroxylation sites is 1. The fourth-order valence-electron chi connectivity index (χ4n) is 2.43. The van der Waals surface area contributed by atoms with E-state index in [0.717, 1.165) is 40.8 Å². The maximum atomic E-state index is 12.2. The number of benzene rings is 1. The van der Waals surface area contributed by atoms with Gasteiger partial charge in [-0.1, -0.05) is 29.5 Å². The lowest BCUT2D eigenvalue weighted by Crippen LogP contribution is -2.19. The van der Waals surface area contributed by atoms with Crippen LogP contribution in [0.25, 0.3) is 6.08 Å². The summed E-state index contributed by atoms with van der Waals surface area (Å²) in [6.07, 6.45) is 4.71. The van der Waals surface area contributed by atoms with Crippen LogP contribution in [0.4, 0.5) is 10.8 Å². The molecular weight excluding hydrogens is 378 g/mol. The van der Waals surface area contributed by atoms with Gasteiger partial charge in [0.2, 0.25) is 0 Å². The van der Waals surface area contributed by atoms with Gasteiger partial charge in [0.15, 0.2) is 10.3 Å². The SMILES string of the molecule is Cc1ccccc1N=C1NC(=O)/C(=C/c2cnc(NCCCN(C)C)s2)S1. The number of aromatic nitrogens is 1. The Labute approximate surface area is 167 Å². The Kier molecular flexibility index (Phi) is 6.65. The van der Waals surface area contributed by atoms with Gasteiger partial charge in [0.25, 0.3) is 5.91 Å². The molecule has 0 radical (unpaired) electrons. The Morgan fingerprint density at radius 2 is 2.15 bits per heavy atom. The quantitative estimate of drug-likeness (QED) is 0.547. The number of amidine groups is 1. The van der Waals surface area contributed by atoms with E-state index in [0.29, 0.717) is 10.1 Å². The minimum Gasteiger partial charge on any atom is -0.361 e. The summed E-state index contributed by atoms with van der Waals surface area (Å²) in [6, 6.07) is 7.85. The zero-order valence-corrected chi connectivity index (χ0v) is 17.3. The zero-order valence-electron chi connectivity index (χ0n) is 15.7. The maximum absolute atomic E-state index is 12.2. The van der Waals surface area contributed by atoms with Gasteiger partial charge in [-0.15, -0.1) is 0 Å². The summed E-state index contributed by atoms with van der Waals surface area (Å²) in [7, 11) is 4.13. The van der Waals surface area contributed by atoms with E-state index < -0.39 is 0 Å². The van der Waals surface area contributed by atoms with Crippen LogP contribution in [0, 0.1) is 6.92 Å². The van der Waals surface area contributed by atoms with Crippen LogP contribution in [0.3, 0.4) is 0 Å². The average Bonchev–Trinajstić information content (AvgIpc) is 3.21. The van der Waals surface area contributed by atoms with Gasteiger partial charge < -0.3 is 15.5 Å². The van der Waals surface area contributed by atoms with Crippen molar-refractivity contribution in [3.8, 4) is 0 Å². The van der Waals surface area contributed by atoms with Gasteiger partial charge in [-0.2, -0.15) is 0 Å². The molecule has 27 heavy (non-hydrogen) atoms. The van der Waals surface area contributed by atoms with Gasteiger partial charge in [0.05, 0.1) is 15.5 Å². The number of hydrogen-bond acceptors (Lipinski definition) is 7. The number of anilines is 1. The second-order valence-electron chi connectivity index (χ2n) is 6.42. The Bertz CT molecular complexity index is 872. The molecule has 2 N–H and O–H groups in total. The van der Waals surface area contributed by atoms with Crippen LogP contribution in [0.15, 0.2) is 40.4 Å². The Balaban J connectivity index is 1.62. The molecule has 0 atom stereocenters. The number of hydrogen-bond donors (Lipinski definition) is 2. The molecule has 6 nitrogen and oxygen atoms in total. The maximum Gasteiger partial charge on any atom is 0.264 e. The first-order chi connectivity index (χ1) is 13.0. The lowest BCUT2D eigenvalue weighted by molar-refractivity contribution is -0.115. The van der Waals surface area contributed by atoms with Crippen LogP contribution in [-0.4, -0.2) is 48.1 Å². The lowest BCUT2D eigenvalue weighted by atomic mass is 10.2. The van der Waals surface area contributed by atoms with Crippen LogP contribution in [0.5, 0.6) is 0 Å². The Morgan fingerprint density at radius 1 is 1.33 bits per heavy atom. The van der Waals surface area contributed by atoms with Crippen LogP contribution >= 0.6 is 23.1 Å². The first-order valence-corrected chi connectivity index (χ1v) is 10.3. The topological polar surface area (TPSA) is 69.6 Å². The van der Waals surface area contributed by atoms with E-state index in [1.54, 1.807) is 17.5 Å². The second kappa shape index (κ2) is 9.16. The van der Waals surface area contributed by atoms with Crippen molar-refractivity contribution in [2.45, 2.75) is 13.3 Å². The summed E-state index contributed by atoms with van der Waals surface area (Å²) in [5, 5.41) is 7.63. The number of thioether (sulfide) groups is 1. The fraction of sp³-hybridized carbons (Fsp3) is 0.316. The minimum atomic E-state index is -0.124. The van der Waals surface area contributed by atoms with Gasteiger partial charge in [-0.05, 0) is 63.5 Å². The van der Waals surface area contributed by atoms with E-state index in [2.05, 4.69) is 39.6 Å². The fourth-order valence-corrected chi connectivity index (χ4v) is 4.12. The molecule has 0 spiro atoms. The molecule has 1 saturated heterocycles. The summed E-state index contributed by atoms with van der Waals surface area (Å²) in [4.78, 5) is 24.9. The number of nitrogens with zero attached hydrogens (tertiary/aromatic N) is 3. The summed E-state index contributed by atoms with van der Waals surface area (Å²) in [6.45, 7) is 3.92. The van der Waals surface area contributed by atoms with Crippen molar-refractivity contribution in [1.82, 2.24) is 15.2 Å². The number of carbonyl (C=O) groups is 1. The summed E-state index contributed by atoms with van der Waals surface area (Å²) in [5.41, 5.74) is 1.94. The number of thiazole rings is 1.